The van der Waals surface area contributed by atoms with Crippen LogP contribution in [0.4, 0.5) is 0 Å². The molecule has 2 aromatic rings. The third-order valence-corrected chi connectivity index (χ3v) is 2.43. The lowest BCUT2D eigenvalue weighted by atomic mass is 9.88. The molecule has 1 aromatic carbocycles. The van der Waals surface area contributed by atoms with E-state index in [1.807, 2.05) is 30.3 Å². The highest BCUT2D eigenvalue weighted by Crippen LogP contribution is 2.21. The molecule has 0 N–H and O–H groups in total. The first kappa shape index (κ1) is 10.9. The summed E-state index contributed by atoms with van der Waals surface area (Å²) in [6.07, 6.45) is 0.736. The largest absolute Gasteiger partial charge is 0.423 e. The summed E-state index contributed by atoms with van der Waals surface area (Å²) in [7, 11) is 0. The van der Waals surface area contributed by atoms with Crippen molar-refractivity contribution in [1.82, 2.24) is 0 Å². The minimum absolute atomic E-state index is 0.0944. The van der Waals surface area contributed by atoms with Crippen molar-refractivity contribution >= 4 is 11.0 Å². The molecule has 0 atom stereocenters. The van der Waals surface area contributed by atoms with E-state index in [1.54, 1.807) is 0 Å². The van der Waals surface area contributed by atoms with Crippen molar-refractivity contribution in [2.24, 2.45) is 5.41 Å². The second-order valence-electron chi connectivity index (χ2n) is 5.33. The molecule has 0 radical (unpaired) electrons. The molecule has 0 saturated heterocycles. The molecular formula is C14H16O2. The van der Waals surface area contributed by atoms with E-state index < -0.39 is 0 Å². The van der Waals surface area contributed by atoms with Gasteiger partial charge < -0.3 is 4.42 Å². The van der Waals surface area contributed by atoms with Gasteiger partial charge in [0.2, 0.25) is 0 Å². The van der Waals surface area contributed by atoms with E-state index in [1.165, 1.54) is 0 Å². The van der Waals surface area contributed by atoms with Gasteiger partial charge in [-0.3, -0.25) is 0 Å². The summed E-state index contributed by atoms with van der Waals surface area (Å²) in [5.41, 5.74) is 1.29. The van der Waals surface area contributed by atoms with Gasteiger partial charge in [-0.05, 0) is 24.0 Å². The summed E-state index contributed by atoms with van der Waals surface area (Å²) < 4.78 is 5.28. The molecule has 0 aliphatic rings. The zero-order chi connectivity index (χ0) is 11.8. The van der Waals surface area contributed by atoms with E-state index in [9.17, 15) is 4.79 Å². The molecule has 0 bridgehead atoms. The molecule has 16 heavy (non-hydrogen) atoms. The van der Waals surface area contributed by atoms with Crippen molar-refractivity contribution in [1.29, 1.82) is 0 Å². The molecule has 84 valence electrons. The van der Waals surface area contributed by atoms with Gasteiger partial charge >= 0.3 is 5.63 Å². The van der Waals surface area contributed by atoms with Gasteiger partial charge in [0, 0.05) is 10.9 Å². The van der Waals surface area contributed by atoms with Crippen LogP contribution >= 0.6 is 0 Å². The van der Waals surface area contributed by atoms with E-state index in [0.717, 1.165) is 17.4 Å². The Labute approximate surface area is 94.9 Å². The number of fused-ring (bicyclic) bond motifs is 1. The number of hydrogen-bond donors (Lipinski definition) is 0. The molecule has 0 unspecified atom stereocenters. The number of rotatable bonds is 1. The van der Waals surface area contributed by atoms with E-state index in [2.05, 4.69) is 20.8 Å². The average Bonchev–Trinajstić information content (AvgIpc) is 2.17. The predicted octanol–water partition coefficient (Wildman–Crippen LogP) is 3.38. The Morgan fingerprint density at radius 1 is 1.19 bits per heavy atom. The van der Waals surface area contributed by atoms with Crippen molar-refractivity contribution in [3.8, 4) is 0 Å². The summed E-state index contributed by atoms with van der Waals surface area (Å²) in [5, 5.41) is 0.987. The monoisotopic (exact) mass is 216 g/mol. The van der Waals surface area contributed by atoms with Crippen molar-refractivity contribution in [2.75, 3.05) is 0 Å². The first-order valence-electron chi connectivity index (χ1n) is 5.47. The van der Waals surface area contributed by atoms with E-state index >= 15 is 0 Å². The second-order valence-corrected chi connectivity index (χ2v) is 5.33. The van der Waals surface area contributed by atoms with Crippen LogP contribution in [0.2, 0.25) is 0 Å². The van der Waals surface area contributed by atoms with Gasteiger partial charge in [-0.25, -0.2) is 4.79 Å². The Hall–Kier alpha value is -1.57. The molecule has 0 aliphatic heterocycles. The van der Waals surface area contributed by atoms with E-state index in [4.69, 9.17) is 4.42 Å². The van der Waals surface area contributed by atoms with Gasteiger partial charge in [-0.1, -0.05) is 39.0 Å². The van der Waals surface area contributed by atoms with Gasteiger partial charge in [-0.2, -0.15) is 0 Å². The molecule has 0 saturated carbocycles. The fourth-order valence-electron chi connectivity index (χ4n) is 1.80. The lowest BCUT2D eigenvalue weighted by Crippen LogP contribution is -2.16. The maximum atomic E-state index is 11.7. The first-order chi connectivity index (χ1) is 7.46. The van der Waals surface area contributed by atoms with Crippen molar-refractivity contribution in [3.05, 3.63) is 46.3 Å². The van der Waals surface area contributed by atoms with Crippen LogP contribution in [-0.2, 0) is 6.42 Å². The zero-order valence-electron chi connectivity index (χ0n) is 9.91. The van der Waals surface area contributed by atoms with Crippen molar-refractivity contribution < 1.29 is 4.42 Å². The smallest absolute Gasteiger partial charge is 0.339 e. The Bertz CT molecular complexity index is 559. The lowest BCUT2D eigenvalue weighted by molar-refractivity contribution is 0.401. The van der Waals surface area contributed by atoms with Crippen LogP contribution in [-0.4, -0.2) is 0 Å². The second kappa shape index (κ2) is 3.78. The van der Waals surface area contributed by atoms with E-state index in [-0.39, 0.29) is 11.0 Å². The third-order valence-electron chi connectivity index (χ3n) is 2.43. The molecular weight excluding hydrogens is 200 g/mol. The van der Waals surface area contributed by atoms with Crippen LogP contribution in [0.15, 0.2) is 39.5 Å². The number of benzene rings is 1. The summed E-state index contributed by atoms with van der Waals surface area (Å²) >= 11 is 0. The van der Waals surface area contributed by atoms with Crippen LogP contribution in [0.3, 0.4) is 0 Å². The Morgan fingerprint density at radius 2 is 1.88 bits per heavy atom. The molecule has 0 fully saturated rings. The highest BCUT2D eigenvalue weighted by Gasteiger charge is 2.15. The van der Waals surface area contributed by atoms with Crippen LogP contribution < -0.4 is 5.63 Å². The van der Waals surface area contributed by atoms with Gasteiger partial charge in [0.15, 0.2) is 0 Å². The third kappa shape index (κ3) is 2.32. The fourth-order valence-corrected chi connectivity index (χ4v) is 1.80. The molecule has 1 aromatic heterocycles. The fraction of sp³-hybridized carbons (Fsp3) is 0.357. The molecule has 2 heteroatoms. The molecule has 2 nitrogen and oxygen atoms in total. The molecule has 0 amide bonds. The molecule has 0 spiro atoms. The van der Waals surface area contributed by atoms with Crippen LogP contribution in [0.1, 0.15) is 26.3 Å². The molecule has 0 aliphatic carbocycles. The summed E-state index contributed by atoms with van der Waals surface area (Å²) in [4.78, 5) is 11.7. The standard InChI is InChI=1S/C14H16O2/c1-14(2,3)9-11-8-10-6-4-5-7-12(10)16-13(11)15/h4-8H,9H2,1-3H3. The Balaban J connectivity index is 2.55. The van der Waals surface area contributed by atoms with Gasteiger partial charge in [0.05, 0.1) is 0 Å². The minimum Gasteiger partial charge on any atom is -0.423 e. The highest BCUT2D eigenvalue weighted by atomic mass is 16.4. The highest BCUT2D eigenvalue weighted by molar-refractivity contribution is 5.76. The number of hydrogen-bond acceptors (Lipinski definition) is 2. The molecule has 2 rings (SSSR count). The van der Waals surface area contributed by atoms with E-state index in [0.29, 0.717) is 5.58 Å². The van der Waals surface area contributed by atoms with Crippen molar-refractivity contribution in [2.45, 2.75) is 27.2 Å². The van der Waals surface area contributed by atoms with Crippen molar-refractivity contribution in [3.63, 3.8) is 0 Å². The SMILES string of the molecule is CC(C)(C)Cc1cc2ccccc2oc1=O. The summed E-state index contributed by atoms with van der Waals surface area (Å²) in [6.45, 7) is 6.34. The normalized spacial score (nSPS) is 11.9. The summed E-state index contributed by atoms with van der Waals surface area (Å²) in [6, 6.07) is 9.53. The van der Waals surface area contributed by atoms with Gasteiger partial charge in [0.1, 0.15) is 5.58 Å². The Kier molecular flexibility index (Phi) is 2.58. The zero-order valence-corrected chi connectivity index (χ0v) is 9.91. The number of para-hydroxylation sites is 1. The minimum atomic E-state index is -0.214. The molecule has 1 heterocycles. The average molecular weight is 216 g/mol. The topological polar surface area (TPSA) is 30.2 Å². The lowest BCUT2D eigenvalue weighted by Gasteiger charge is -2.17. The first-order valence-corrected chi connectivity index (χ1v) is 5.47. The maximum Gasteiger partial charge on any atom is 0.339 e. The van der Waals surface area contributed by atoms with Crippen LogP contribution in [0.25, 0.3) is 11.0 Å². The maximum absolute atomic E-state index is 11.7. The predicted molar refractivity (Wildman–Crippen MR) is 65.6 cm³/mol. The quantitative estimate of drug-likeness (QED) is 0.684. The van der Waals surface area contributed by atoms with Crippen LogP contribution in [0.5, 0.6) is 0 Å². The van der Waals surface area contributed by atoms with Gasteiger partial charge in [0.25, 0.3) is 0 Å². The summed E-state index contributed by atoms with van der Waals surface area (Å²) in [5.74, 6) is 0. The van der Waals surface area contributed by atoms with Gasteiger partial charge in [-0.15, -0.1) is 0 Å². The Morgan fingerprint density at radius 3 is 2.56 bits per heavy atom. The van der Waals surface area contributed by atoms with Crippen LogP contribution in [0, 0.1) is 5.41 Å².